The number of pyridine rings is 1. The standard InChI is InChI=1S/C14H13NO/c16-11-9-13(12-6-2-1-3-7-12)14-8-4-5-10-15-14/h1-10,16H,11H2/b13-9-. The summed E-state index contributed by atoms with van der Waals surface area (Å²) in [4.78, 5) is 4.29. The molecule has 0 spiro atoms. The number of aromatic nitrogens is 1. The first-order valence-electron chi connectivity index (χ1n) is 5.19. The Labute approximate surface area is 94.9 Å². The molecule has 1 N–H and O–H groups in total. The van der Waals surface area contributed by atoms with Crippen LogP contribution in [-0.2, 0) is 0 Å². The molecule has 1 aromatic carbocycles. The van der Waals surface area contributed by atoms with Crippen LogP contribution < -0.4 is 0 Å². The van der Waals surface area contributed by atoms with Crippen LogP contribution in [-0.4, -0.2) is 16.7 Å². The molecule has 0 aliphatic heterocycles. The quantitative estimate of drug-likeness (QED) is 0.846. The molecular formula is C14H13NO. The largest absolute Gasteiger partial charge is 0.392 e. The van der Waals surface area contributed by atoms with E-state index in [2.05, 4.69) is 4.98 Å². The van der Waals surface area contributed by atoms with Crippen LogP contribution in [0, 0.1) is 0 Å². The third-order valence-electron chi connectivity index (χ3n) is 2.32. The molecule has 0 saturated carbocycles. The second-order valence-electron chi connectivity index (χ2n) is 3.38. The van der Waals surface area contributed by atoms with Crippen molar-refractivity contribution in [3.63, 3.8) is 0 Å². The molecule has 0 fully saturated rings. The Bertz CT molecular complexity index is 421. The highest BCUT2D eigenvalue weighted by molar-refractivity contribution is 5.77. The van der Waals surface area contributed by atoms with Crippen molar-refractivity contribution in [1.29, 1.82) is 0 Å². The van der Waals surface area contributed by atoms with Crippen LogP contribution in [0.3, 0.4) is 0 Å². The van der Waals surface area contributed by atoms with E-state index in [1.54, 1.807) is 12.3 Å². The fourth-order valence-corrected chi connectivity index (χ4v) is 1.60. The van der Waals surface area contributed by atoms with Crippen molar-refractivity contribution in [2.75, 3.05) is 6.61 Å². The third-order valence-corrected chi connectivity index (χ3v) is 2.32. The summed E-state index contributed by atoms with van der Waals surface area (Å²) in [5.74, 6) is 0. The van der Waals surface area contributed by atoms with Gasteiger partial charge in [-0.05, 0) is 23.8 Å². The van der Waals surface area contributed by atoms with Gasteiger partial charge in [0.05, 0.1) is 12.3 Å². The average molecular weight is 211 g/mol. The number of benzene rings is 1. The smallest absolute Gasteiger partial charge is 0.0705 e. The molecule has 0 aliphatic carbocycles. The molecule has 1 aromatic heterocycles. The lowest BCUT2D eigenvalue weighted by atomic mass is 10.0. The molecule has 0 aliphatic rings. The maximum atomic E-state index is 9.06. The summed E-state index contributed by atoms with van der Waals surface area (Å²) in [6, 6.07) is 15.7. The zero-order chi connectivity index (χ0) is 11.2. The van der Waals surface area contributed by atoms with E-state index in [1.165, 1.54) is 0 Å². The fraction of sp³-hybridized carbons (Fsp3) is 0.0714. The van der Waals surface area contributed by atoms with Crippen LogP contribution in [0.4, 0.5) is 0 Å². The van der Waals surface area contributed by atoms with E-state index in [1.807, 2.05) is 48.5 Å². The zero-order valence-electron chi connectivity index (χ0n) is 8.88. The predicted molar refractivity (Wildman–Crippen MR) is 64.8 cm³/mol. The first kappa shape index (κ1) is 10.6. The molecule has 2 aromatic rings. The number of aliphatic hydroxyl groups excluding tert-OH is 1. The van der Waals surface area contributed by atoms with Crippen LogP contribution in [0.5, 0.6) is 0 Å². The van der Waals surface area contributed by atoms with Crippen molar-refractivity contribution in [2.24, 2.45) is 0 Å². The van der Waals surface area contributed by atoms with Crippen molar-refractivity contribution in [1.82, 2.24) is 4.98 Å². The van der Waals surface area contributed by atoms with Gasteiger partial charge in [-0.3, -0.25) is 4.98 Å². The van der Waals surface area contributed by atoms with E-state index in [4.69, 9.17) is 5.11 Å². The van der Waals surface area contributed by atoms with Gasteiger partial charge in [-0.25, -0.2) is 0 Å². The van der Waals surface area contributed by atoms with Crippen molar-refractivity contribution in [2.45, 2.75) is 0 Å². The highest BCUT2D eigenvalue weighted by atomic mass is 16.2. The molecule has 0 saturated heterocycles. The lowest BCUT2D eigenvalue weighted by Gasteiger charge is -2.06. The Kier molecular flexibility index (Phi) is 3.46. The van der Waals surface area contributed by atoms with E-state index >= 15 is 0 Å². The summed E-state index contributed by atoms with van der Waals surface area (Å²) in [6.07, 6.45) is 3.53. The van der Waals surface area contributed by atoms with Gasteiger partial charge in [0, 0.05) is 11.8 Å². The molecule has 2 rings (SSSR count). The number of hydrogen-bond acceptors (Lipinski definition) is 2. The van der Waals surface area contributed by atoms with Crippen molar-refractivity contribution < 1.29 is 5.11 Å². The molecule has 80 valence electrons. The molecule has 0 bridgehead atoms. The Hall–Kier alpha value is -1.93. The summed E-state index contributed by atoms with van der Waals surface area (Å²) in [5.41, 5.74) is 2.90. The van der Waals surface area contributed by atoms with Crippen LogP contribution >= 0.6 is 0 Å². The molecule has 2 heteroatoms. The summed E-state index contributed by atoms with van der Waals surface area (Å²) in [5, 5.41) is 9.06. The van der Waals surface area contributed by atoms with Gasteiger partial charge in [0.15, 0.2) is 0 Å². The lowest BCUT2D eigenvalue weighted by molar-refractivity contribution is 0.343. The van der Waals surface area contributed by atoms with Crippen LogP contribution in [0.2, 0.25) is 0 Å². The molecule has 0 atom stereocenters. The van der Waals surface area contributed by atoms with Gasteiger partial charge in [-0.1, -0.05) is 36.4 Å². The van der Waals surface area contributed by atoms with E-state index in [0.717, 1.165) is 16.8 Å². The Balaban J connectivity index is 2.44. The molecule has 1 heterocycles. The Morgan fingerprint density at radius 3 is 2.44 bits per heavy atom. The SMILES string of the molecule is OC/C=C(/c1ccccc1)c1ccccn1. The summed E-state index contributed by atoms with van der Waals surface area (Å²) in [7, 11) is 0. The predicted octanol–water partition coefficient (Wildman–Crippen LogP) is 2.51. The lowest BCUT2D eigenvalue weighted by Crippen LogP contribution is -1.92. The highest BCUT2D eigenvalue weighted by Gasteiger charge is 2.04. The summed E-state index contributed by atoms with van der Waals surface area (Å²) >= 11 is 0. The molecule has 16 heavy (non-hydrogen) atoms. The molecule has 2 nitrogen and oxygen atoms in total. The van der Waals surface area contributed by atoms with Crippen LogP contribution in [0.25, 0.3) is 5.57 Å². The molecule has 0 radical (unpaired) electrons. The zero-order valence-corrected chi connectivity index (χ0v) is 8.88. The second kappa shape index (κ2) is 5.24. The van der Waals surface area contributed by atoms with E-state index < -0.39 is 0 Å². The van der Waals surface area contributed by atoms with Crippen molar-refractivity contribution in [3.8, 4) is 0 Å². The van der Waals surface area contributed by atoms with E-state index in [9.17, 15) is 0 Å². The average Bonchev–Trinajstić information content (AvgIpc) is 2.38. The minimum Gasteiger partial charge on any atom is -0.392 e. The van der Waals surface area contributed by atoms with E-state index in [0.29, 0.717) is 0 Å². The number of nitrogens with zero attached hydrogens (tertiary/aromatic N) is 1. The Morgan fingerprint density at radius 2 is 1.81 bits per heavy atom. The monoisotopic (exact) mass is 211 g/mol. The Morgan fingerprint density at radius 1 is 1.06 bits per heavy atom. The normalized spacial score (nSPS) is 11.4. The van der Waals surface area contributed by atoms with Crippen molar-refractivity contribution in [3.05, 3.63) is 72.1 Å². The van der Waals surface area contributed by atoms with Gasteiger partial charge in [0.1, 0.15) is 0 Å². The van der Waals surface area contributed by atoms with Gasteiger partial charge >= 0.3 is 0 Å². The van der Waals surface area contributed by atoms with Crippen molar-refractivity contribution >= 4 is 5.57 Å². The van der Waals surface area contributed by atoms with Gasteiger partial charge in [0.2, 0.25) is 0 Å². The second-order valence-corrected chi connectivity index (χ2v) is 3.38. The summed E-state index contributed by atoms with van der Waals surface area (Å²) in [6.45, 7) is 0.0147. The highest BCUT2D eigenvalue weighted by Crippen LogP contribution is 2.20. The van der Waals surface area contributed by atoms with Gasteiger partial charge < -0.3 is 5.11 Å². The van der Waals surface area contributed by atoms with Gasteiger partial charge in [-0.2, -0.15) is 0 Å². The van der Waals surface area contributed by atoms with Gasteiger partial charge in [-0.15, -0.1) is 0 Å². The first-order valence-corrected chi connectivity index (χ1v) is 5.19. The number of hydrogen-bond donors (Lipinski definition) is 1. The molecule has 0 unspecified atom stereocenters. The first-order chi connectivity index (χ1) is 7.92. The van der Waals surface area contributed by atoms with Gasteiger partial charge in [0.25, 0.3) is 0 Å². The summed E-state index contributed by atoms with van der Waals surface area (Å²) < 4.78 is 0. The van der Waals surface area contributed by atoms with Crippen LogP contribution in [0.15, 0.2) is 60.8 Å². The molecular weight excluding hydrogens is 198 g/mol. The fourth-order valence-electron chi connectivity index (χ4n) is 1.60. The number of aliphatic hydroxyl groups is 1. The maximum absolute atomic E-state index is 9.06. The molecule has 0 amide bonds. The number of rotatable bonds is 3. The maximum Gasteiger partial charge on any atom is 0.0705 e. The van der Waals surface area contributed by atoms with E-state index in [-0.39, 0.29) is 6.61 Å². The third kappa shape index (κ3) is 2.35. The minimum atomic E-state index is 0.0147. The van der Waals surface area contributed by atoms with Crippen LogP contribution in [0.1, 0.15) is 11.3 Å². The topological polar surface area (TPSA) is 33.1 Å². The minimum absolute atomic E-state index is 0.0147.